The SMILES string of the molecule is CCN1C(=O)C(=C(/C=C/C=C2/N(C)c3ccccc3C2(C)C)c2ccccc2)SC1=S. The third-order valence-corrected chi connectivity index (χ3v) is 7.42. The fourth-order valence-electron chi connectivity index (χ4n) is 4.29. The largest absolute Gasteiger partial charge is 0.347 e. The summed E-state index contributed by atoms with van der Waals surface area (Å²) in [5, 5.41) is 0. The van der Waals surface area contributed by atoms with Gasteiger partial charge in [-0.3, -0.25) is 9.69 Å². The fraction of sp³-hybridized carbons (Fsp3) is 0.231. The zero-order chi connectivity index (χ0) is 22.2. The first-order valence-electron chi connectivity index (χ1n) is 10.4. The van der Waals surface area contributed by atoms with E-state index < -0.39 is 0 Å². The molecule has 2 aliphatic heterocycles. The van der Waals surface area contributed by atoms with E-state index in [4.69, 9.17) is 12.2 Å². The normalized spacial score (nSPS) is 20.8. The summed E-state index contributed by atoms with van der Waals surface area (Å²) in [5.41, 5.74) is 5.61. The van der Waals surface area contributed by atoms with Crippen molar-refractivity contribution in [2.24, 2.45) is 0 Å². The lowest BCUT2D eigenvalue weighted by Gasteiger charge is -2.23. The topological polar surface area (TPSA) is 23.6 Å². The molecule has 1 saturated heterocycles. The quantitative estimate of drug-likeness (QED) is 0.415. The summed E-state index contributed by atoms with van der Waals surface area (Å²) in [7, 11) is 2.11. The summed E-state index contributed by atoms with van der Waals surface area (Å²) in [4.78, 5) is 17.6. The molecule has 0 saturated carbocycles. The highest BCUT2D eigenvalue weighted by molar-refractivity contribution is 8.26. The fourth-order valence-corrected chi connectivity index (χ4v) is 5.74. The van der Waals surface area contributed by atoms with Crippen LogP contribution in [0.2, 0.25) is 0 Å². The highest BCUT2D eigenvalue weighted by Crippen LogP contribution is 2.46. The number of allylic oxidation sites excluding steroid dienone is 5. The van der Waals surface area contributed by atoms with Crippen LogP contribution in [-0.4, -0.2) is 28.7 Å². The number of fused-ring (bicyclic) bond motifs is 1. The van der Waals surface area contributed by atoms with Crippen molar-refractivity contribution in [3.05, 3.63) is 94.6 Å². The molecule has 0 atom stereocenters. The Morgan fingerprint density at radius 1 is 1.10 bits per heavy atom. The number of para-hydroxylation sites is 1. The Morgan fingerprint density at radius 3 is 2.42 bits per heavy atom. The lowest BCUT2D eigenvalue weighted by atomic mass is 9.84. The number of nitrogens with zero attached hydrogens (tertiary/aromatic N) is 2. The number of carbonyl (C=O) groups excluding carboxylic acids is 1. The van der Waals surface area contributed by atoms with Gasteiger partial charge in [0.15, 0.2) is 0 Å². The number of rotatable bonds is 4. The van der Waals surface area contributed by atoms with Crippen LogP contribution in [0.5, 0.6) is 0 Å². The van der Waals surface area contributed by atoms with Gasteiger partial charge in [-0.15, -0.1) is 0 Å². The minimum absolute atomic E-state index is 0.0145. The van der Waals surface area contributed by atoms with Gasteiger partial charge in [-0.2, -0.15) is 0 Å². The molecule has 0 spiro atoms. The molecule has 2 aromatic rings. The van der Waals surface area contributed by atoms with Gasteiger partial charge >= 0.3 is 0 Å². The zero-order valence-corrected chi connectivity index (χ0v) is 19.9. The van der Waals surface area contributed by atoms with E-state index in [1.165, 1.54) is 28.7 Å². The van der Waals surface area contributed by atoms with Crippen molar-refractivity contribution in [1.82, 2.24) is 4.90 Å². The molecule has 5 heteroatoms. The highest BCUT2D eigenvalue weighted by Gasteiger charge is 2.37. The Hall–Kier alpha value is -2.63. The van der Waals surface area contributed by atoms with Crippen LogP contribution in [0, 0.1) is 0 Å². The van der Waals surface area contributed by atoms with Gasteiger partial charge in [0.25, 0.3) is 5.91 Å². The first kappa shape index (κ1) is 21.6. The highest BCUT2D eigenvalue weighted by atomic mass is 32.2. The monoisotopic (exact) mass is 446 g/mol. The molecule has 0 unspecified atom stereocenters. The molecule has 2 heterocycles. The standard InChI is InChI=1S/C26H26N2OS2/c1-5-28-24(29)23(31-25(28)30)19(18-12-7-6-8-13-18)14-11-17-22-26(2,3)20-15-9-10-16-21(20)27(22)4/h6-17H,5H2,1-4H3/b14-11+,22-17+,23-19?. The Labute approximate surface area is 194 Å². The van der Waals surface area contributed by atoms with Gasteiger partial charge in [0.05, 0.1) is 4.91 Å². The van der Waals surface area contributed by atoms with Crippen molar-refractivity contribution < 1.29 is 4.79 Å². The predicted molar refractivity (Wildman–Crippen MR) is 136 cm³/mol. The number of thiocarbonyl (C=S) groups is 1. The molecule has 4 rings (SSSR count). The van der Waals surface area contributed by atoms with Gasteiger partial charge in [0, 0.05) is 36.0 Å². The van der Waals surface area contributed by atoms with E-state index in [1.807, 2.05) is 43.3 Å². The van der Waals surface area contributed by atoms with Gasteiger partial charge in [-0.1, -0.05) is 98.5 Å². The Morgan fingerprint density at radius 2 is 1.77 bits per heavy atom. The molecule has 1 fully saturated rings. The average molecular weight is 447 g/mol. The summed E-state index contributed by atoms with van der Waals surface area (Å²) in [6.07, 6.45) is 6.25. The third kappa shape index (κ3) is 3.77. The van der Waals surface area contributed by atoms with E-state index in [2.05, 4.69) is 62.2 Å². The number of likely N-dealkylation sites (N-methyl/N-ethyl adjacent to an activating group) is 2. The maximum Gasteiger partial charge on any atom is 0.266 e. The van der Waals surface area contributed by atoms with Crippen LogP contribution < -0.4 is 4.90 Å². The lowest BCUT2D eigenvalue weighted by molar-refractivity contribution is -0.122. The van der Waals surface area contributed by atoms with Crippen molar-refractivity contribution in [3.8, 4) is 0 Å². The molecule has 2 aromatic carbocycles. The molecule has 0 bridgehead atoms. The molecule has 2 aliphatic rings. The number of thioether (sulfide) groups is 1. The van der Waals surface area contributed by atoms with Gasteiger partial charge in [-0.25, -0.2) is 0 Å². The average Bonchev–Trinajstić information content (AvgIpc) is 3.16. The first-order valence-corrected chi connectivity index (χ1v) is 11.6. The molecular formula is C26H26N2OS2. The molecular weight excluding hydrogens is 420 g/mol. The van der Waals surface area contributed by atoms with Crippen LogP contribution >= 0.6 is 24.0 Å². The maximum atomic E-state index is 13.0. The number of anilines is 1. The van der Waals surface area contributed by atoms with Crippen molar-refractivity contribution in [2.75, 3.05) is 18.5 Å². The van der Waals surface area contributed by atoms with Crippen molar-refractivity contribution in [3.63, 3.8) is 0 Å². The van der Waals surface area contributed by atoms with Gasteiger partial charge < -0.3 is 4.90 Å². The number of hydrogen-bond acceptors (Lipinski definition) is 4. The summed E-state index contributed by atoms with van der Waals surface area (Å²) >= 11 is 6.83. The van der Waals surface area contributed by atoms with E-state index in [-0.39, 0.29) is 11.3 Å². The Kier molecular flexibility index (Phi) is 5.91. The molecule has 0 N–H and O–H groups in total. The second kappa shape index (κ2) is 8.48. The molecule has 3 nitrogen and oxygen atoms in total. The summed E-state index contributed by atoms with van der Waals surface area (Å²) in [6.45, 7) is 7.03. The molecule has 158 valence electrons. The Balaban J connectivity index is 1.75. The maximum absolute atomic E-state index is 13.0. The number of carbonyl (C=O) groups is 1. The van der Waals surface area contributed by atoms with Crippen LogP contribution in [0.15, 0.2) is 83.4 Å². The van der Waals surface area contributed by atoms with Gasteiger partial charge in [0.2, 0.25) is 0 Å². The van der Waals surface area contributed by atoms with Crippen LogP contribution in [0.4, 0.5) is 5.69 Å². The lowest BCUT2D eigenvalue weighted by Crippen LogP contribution is -2.27. The van der Waals surface area contributed by atoms with Gasteiger partial charge in [0.1, 0.15) is 4.32 Å². The second-order valence-corrected chi connectivity index (χ2v) is 9.78. The van der Waals surface area contributed by atoms with Crippen molar-refractivity contribution in [2.45, 2.75) is 26.2 Å². The van der Waals surface area contributed by atoms with E-state index in [1.54, 1.807) is 4.90 Å². The minimum atomic E-state index is -0.0890. The van der Waals surface area contributed by atoms with Crippen molar-refractivity contribution in [1.29, 1.82) is 0 Å². The summed E-state index contributed by atoms with van der Waals surface area (Å²) in [5.74, 6) is -0.0145. The van der Waals surface area contributed by atoms with Crippen LogP contribution in [0.25, 0.3) is 5.57 Å². The number of benzene rings is 2. The molecule has 0 aliphatic carbocycles. The van der Waals surface area contributed by atoms with Crippen molar-refractivity contribution >= 4 is 45.5 Å². The van der Waals surface area contributed by atoms with Crippen LogP contribution in [0.1, 0.15) is 31.9 Å². The minimum Gasteiger partial charge on any atom is -0.347 e. The summed E-state index contributed by atoms with van der Waals surface area (Å²) < 4.78 is 0.620. The Bertz CT molecular complexity index is 1130. The zero-order valence-electron chi connectivity index (χ0n) is 18.3. The predicted octanol–water partition coefficient (Wildman–Crippen LogP) is 6.15. The third-order valence-electron chi connectivity index (χ3n) is 5.95. The van der Waals surface area contributed by atoms with E-state index in [0.29, 0.717) is 15.8 Å². The molecule has 31 heavy (non-hydrogen) atoms. The molecule has 0 radical (unpaired) electrons. The number of hydrogen-bond donors (Lipinski definition) is 0. The van der Waals surface area contributed by atoms with E-state index >= 15 is 0 Å². The molecule has 1 amide bonds. The number of amides is 1. The smallest absolute Gasteiger partial charge is 0.266 e. The first-order chi connectivity index (χ1) is 14.9. The van der Waals surface area contributed by atoms with E-state index in [0.717, 1.165) is 11.1 Å². The second-order valence-electron chi connectivity index (χ2n) is 8.14. The van der Waals surface area contributed by atoms with Crippen LogP contribution in [0.3, 0.4) is 0 Å². The van der Waals surface area contributed by atoms with Gasteiger partial charge in [-0.05, 0) is 30.2 Å². The van der Waals surface area contributed by atoms with E-state index in [9.17, 15) is 4.79 Å². The summed E-state index contributed by atoms with van der Waals surface area (Å²) in [6, 6.07) is 18.6. The molecule has 0 aromatic heterocycles. The van der Waals surface area contributed by atoms with Crippen LogP contribution in [-0.2, 0) is 10.2 Å².